The largest absolute Gasteiger partial charge is 0.444 e. The van der Waals surface area contributed by atoms with Gasteiger partial charge in [-0.25, -0.2) is 9.18 Å². The standard InChI is InChI=1S/C26H35FN6O3/c1-16(2)22-19-7-6-8-20(27)23(19)33(29-22)24-28-21(36-30-24)11-17-9-10-31(12-17)13-18-14-32(15-18)25(34)35-26(3,4)5/h6-8,16-18H,9-15H2,1-5H3/t17-/m0/s1. The summed E-state index contributed by atoms with van der Waals surface area (Å²) in [5.74, 6) is 1.48. The van der Waals surface area contributed by atoms with Crippen molar-refractivity contribution in [1.29, 1.82) is 0 Å². The zero-order valence-corrected chi connectivity index (χ0v) is 21.7. The highest BCUT2D eigenvalue weighted by Crippen LogP contribution is 2.29. The third kappa shape index (κ3) is 5.09. The lowest BCUT2D eigenvalue weighted by atomic mass is 10.00. The number of carbonyl (C=O) groups excluding carboxylic acids is 1. The summed E-state index contributed by atoms with van der Waals surface area (Å²) >= 11 is 0. The number of hydrogen-bond acceptors (Lipinski definition) is 7. The first-order chi connectivity index (χ1) is 17.1. The molecule has 0 bridgehead atoms. The van der Waals surface area contributed by atoms with Crippen LogP contribution in [0.5, 0.6) is 0 Å². The Hall–Kier alpha value is -3.01. The lowest BCUT2D eigenvalue weighted by Crippen LogP contribution is -2.54. The highest BCUT2D eigenvalue weighted by atomic mass is 19.1. The van der Waals surface area contributed by atoms with Crippen molar-refractivity contribution in [3.8, 4) is 5.95 Å². The van der Waals surface area contributed by atoms with Gasteiger partial charge in [0.2, 0.25) is 5.89 Å². The molecule has 0 saturated carbocycles. The van der Waals surface area contributed by atoms with Crippen molar-refractivity contribution in [1.82, 2.24) is 29.7 Å². The number of amides is 1. The molecule has 2 aromatic heterocycles. The molecule has 4 heterocycles. The Labute approximate surface area is 210 Å². The van der Waals surface area contributed by atoms with Gasteiger partial charge in [-0.1, -0.05) is 26.0 Å². The maximum Gasteiger partial charge on any atom is 0.410 e. The number of rotatable bonds is 6. The zero-order valence-electron chi connectivity index (χ0n) is 21.7. The second-order valence-corrected chi connectivity index (χ2v) is 11.4. The molecule has 0 N–H and O–H groups in total. The van der Waals surface area contributed by atoms with E-state index in [9.17, 15) is 9.18 Å². The minimum atomic E-state index is -0.464. The van der Waals surface area contributed by atoms with Crippen LogP contribution in [0.4, 0.5) is 9.18 Å². The molecule has 1 atom stereocenters. The van der Waals surface area contributed by atoms with E-state index >= 15 is 0 Å². The number of para-hydroxylation sites is 1. The molecule has 2 aliphatic rings. The van der Waals surface area contributed by atoms with Crippen molar-refractivity contribution in [2.45, 2.75) is 59.0 Å². The van der Waals surface area contributed by atoms with Crippen LogP contribution in [0.2, 0.25) is 0 Å². The molecule has 3 aromatic rings. The predicted molar refractivity (Wildman–Crippen MR) is 133 cm³/mol. The van der Waals surface area contributed by atoms with Crippen molar-refractivity contribution in [3.63, 3.8) is 0 Å². The molecule has 0 unspecified atom stereocenters. The summed E-state index contributed by atoms with van der Waals surface area (Å²) in [6, 6.07) is 5.00. The van der Waals surface area contributed by atoms with Crippen molar-refractivity contribution < 1.29 is 18.4 Å². The smallest absolute Gasteiger partial charge is 0.410 e. The van der Waals surface area contributed by atoms with Crippen LogP contribution in [0.3, 0.4) is 0 Å². The van der Waals surface area contributed by atoms with E-state index in [1.165, 1.54) is 10.7 Å². The highest BCUT2D eigenvalue weighted by molar-refractivity contribution is 5.84. The Kier molecular flexibility index (Phi) is 6.48. The van der Waals surface area contributed by atoms with Crippen LogP contribution in [-0.4, -0.2) is 74.1 Å². The lowest BCUT2D eigenvalue weighted by molar-refractivity contribution is -0.00544. The van der Waals surface area contributed by atoms with Crippen LogP contribution in [0.25, 0.3) is 16.9 Å². The molecule has 1 aromatic carbocycles. The van der Waals surface area contributed by atoms with Gasteiger partial charge in [-0.15, -0.1) is 0 Å². The first-order valence-corrected chi connectivity index (χ1v) is 12.8. The van der Waals surface area contributed by atoms with E-state index in [0.29, 0.717) is 29.7 Å². The number of aromatic nitrogens is 4. The van der Waals surface area contributed by atoms with Crippen molar-refractivity contribution in [2.24, 2.45) is 11.8 Å². The van der Waals surface area contributed by atoms with Crippen LogP contribution in [0, 0.1) is 17.7 Å². The van der Waals surface area contributed by atoms with E-state index in [-0.39, 0.29) is 23.8 Å². The summed E-state index contributed by atoms with van der Waals surface area (Å²) in [6.07, 6.45) is 1.50. The fraction of sp³-hybridized carbons (Fsp3) is 0.615. The maximum absolute atomic E-state index is 14.7. The Balaban J connectivity index is 1.17. The van der Waals surface area contributed by atoms with E-state index in [0.717, 1.165) is 50.2 Å². The van der Waals surface area contributed by atoms with Gasteiger partial charge in [0.25, 0.3) is 5.95 Å². The van der Waals surface area contributed by atoms with Crippen LogP contribution >= 0.6 is 0 Å². The number of hydrogen-bond donors (Lipinski definition) is 0. The maximum atomic E-state index is 14.7. The van der Waals surface area contributed by atoms with Gasteiger partial charge >= 0.3 is 6.09 Å². The van der Waals surface area contributed by atoms with E-state index in [2.05, 4.69) is 20.1 Å². The molecule has 194 valence electrons. The fourth-order valence-corrected chi connectivity index (χ4v) is 5.15. The minimum absolute atomic E-state index is 0.137. The van der Waals surface area contributed by atoms with Gasteiger partial charge < -0.3 is 19.1 Å². The summed E-state index contributed by atoms with van der Waals surface area (Å²) in [4.78, 5) is 20.9. The average Bonchev–Trinajstić information content (AvgIpc) is 3.48. The number of carbonyl (C=O) groups is 1. The lowest BCUT2D eigenvalue weighted by Gasteiger charge is -2.41. The summed E-state index contributed by atoms with van der Waals surface area (Å²) < 4.78 is 27.1. The average molecular weight is 499 g/mol. The van der Waals surface area contributed by atoms with Gasteiger partial charge in [-0.2, -0.15) is 14.8 Å². The first-order valence-electron chi connectivity index (χ1n) is 12.8. The third-order valence-corrected chi connectivity index (χ3v) is 6.83. The van der Waals surface area contributed by atoms with Gasteiger partial charge in [0, 0.05) is 43.9 Å². The molecule has 0 aliphatic carbocycles. The Morgan fingerprint density at radius 3 is 2.72 bits per heavy atom. The van der Waals surface area contributed by atoms with Gasteiger partial charge in [-0.05, 0) is 56.8 Å². The van der Waals surface area contributed by atoms with Gasteiger partial charge in [0.15, 0.2) is 0 Å². The zero-order chi connectivity index (χ0) is 25.6. The topological polar surface area (TPSA) is 89.5 Å². The minimum Gasteiger partial charge on any atom is -0.444 e. The van der Waals surface area contributed by atoms with E-state index in [4.69, 9.17) is 9.26 Å². The second kappa shape index (κ2) is 9.46. The molecule has 0 spiro atoms. The second-order valence-electron chi connectivity index (χ2n) is 11.4. The van der Waals surface area contributed by atoms with E-state index in [1.807, 2.05) is 40.7 Å². The molecule has 9 nitrogen and oxygen atoms in total. The Morgan fingerprint density at radius 1 is 1.22 bits per heavy atom. The Morgan fingerprint density at radius 2 is 2.00 bits per heavy atom. The summed E-state index contributed by atoms with van der Waals surface area (Å²) in [5.41, 5.74) is 0.721. The summed E-state index contributed by atoms with van der Waals surface area (Å²) in [6.45, 7) is 14.2. The van der Waals surface area contributed by atoms with E-state index < -0.39 is 5.60 Å². The number of likely N-dealkylation sites (tertiary alicyclic amines) is 2. The van der Waals surface area contributed by atoms with Crippen molar-refractivity contribution >= 4 is 17.0 Å². The van der Waals surface area contributed by atoms with Crippen LogP contribution in [-0.2, 0) is 11.2 Å². The number of nitrogens with zero attached hydrogens (tertiary/aromatic N) is 6. The Bertz CT molecular complexity index is 1240. The van der Waals surface area contributed by atoms with Gasteiger partial charge in [0.05, 0.1) is 5.69 Å². The fourth-order valence-electron chi connectivity index (χ4n) is 5.15. The molecule has 36 heavy (non-hydrogen) atoms. The van der Waals surface area contributed by atoms with Crippen LogP contribution in [0.15, 0.2) is 22.7 Å². The number of benzene rings is 1. The number of fused-ring (bicyclic) bond motifs is 1. The molecule has 2 saturated heterocycles. The van der Waals surface area contributed by atoms with Crippen LogP contribution < -0.4 is 0 Å². The SMILES string of the molecule is CC(C)c1nn(-c2noc(C[C@@H]3CCN(CC4CN(C(=O)OC(C)(C)C)C4)C3)n2)c2c(F)cccc12. The molecule has 0 radical (unpaired) electrons. The summed E-state index contributed by atoms with van der Waals surface area (Å²) in [5, 5.41) is 9.49. The number of ether oxygens (including phenoxy) is 1. The molecule has 2 fully saturated rings. The van der Waals surface area contributed by atoms with Crippen molar-refractivity contribution in [3.05, 3.63) is 35.6 Å². The van der Waals surface area contributed by atoms with Crippen molar-refractivity contribution in [2.75, 3.05) is 32.7 Å². The molecule has 10 heteroatoms. The predicted octanol–water partition coefficient (Wildman–Crippen LogP) is 4.40. The molecular formula is C26H35FN6O3. The number of halogens is 1. The normalized spacial score (nSPS) is 19.4. The van der Waals surface area contributed by atoms with Crippen LogP contribution in [0.1, 0.15) is 58.5 Å². The molecule has 2 aliphatic heterocycles. The quantitative estimate of drug-likeness (QED) is 0.498. The molecular weight excluding hydrogens is 463 g/mol. The molecule has 5 rings (SSSR count). The first kappa shape index (κ1) is 24.7. The van der Waals surface area contributed by atoms with Gasteiger partial charge in [-0.3, -0.25) is 0 Å². The molecule has 1 amide bonds. The third-order valence-electron chi connectivity index (χ3n) is 6.83. The highest BCUT2D eigenvalue weighted by Gasteiger charge is 2.36. The monoisotopic (exact) mass is 498 g/mol. The van der Waals surface area contributed by atoms with E-state index in [1.54, 1.807) is 11.0 Å². The summed E-state index contributed by atoms with van der Waals surface area (Å²) in [7, 11) is 0. The van der Waals surface area contributed by atoms with Gasteiger partial charge in [0.1, 0.15) is 16.9 Å².